The number of nitrogens with zero attached hydrogens (tertiary/aromatic N) is 3. The Bertz CT molecular complexity index is 992. The third-order valence-electron chi connectivity index (χ3n) is 5.41. The monoisotopic (exact) mass is 409 g/mol. The zero-order chi connectivity index (χ0) is 21.3. The SMILES string of the molecule is O=C(OCc1ccc([N+](=O)[O-])cc1)C1CC[C@@H]2CN1C(=O)N2C(=O)c1ccccc1. The molecule has 3 amide bonds. The number of benzene rings is 2. The molecule has 2 fully saturated rings. The van der Waals surface area contributed by atoms with Crippen LogP contribution in [0.2, 0.25) is 0 Å². The lowest BCUT2D eigenvalue weighted by Crippen LogP contribution is -2.45. The molecule has 1 unspecified atom stereocenters. The molecule has 0 aromatic heterocycles. The molecule has 154 valence electrons. The quantitative estimate of drug-likeness (QED) is 0.427. The third kappa shape index (κ3) is 3.61. The van der Waals surface area contributed by atoms with Crippen LogP contribution in [-0.4, -0.2) is 51.3 Å². The minimum absolute atomic E-state index is 0.0470. The van der Waals surface area contributed by atoms with Crippen LogP contribution in [0.15, 0.2) is 54.6 Å². The molecule has 2 atom stereocenters. The van der Waals surface area contributed by atoms with Crippen LogP contribution in [0, 0.1) is 10.1 Å². The Morgan fingerprint density at radius 2 is 1.77 bits per heavy atom. The van der Waals surface area contributed by atoms with E-state index in [2.05, 4.69) is 0 Å². The van der Waals surface area contributed by atoms with Crippen LogP contribution in [-0.2, 0) is 16.1 Å². The van der Waals surface area contributed by atoms with E-state index in [0.29, 0.717) is 30.5 Å². The van der Waals surface area contributed by atoms with Crippen molar-refractivity contribution in [3.63, 3.8) is 0 Å². The Balaban J connectivity index is 1.40. The van der Waals surface area contributed by atoms with Crippen molar-refractivity contribution < 1.29 is 24.0 Å². The molecular formula is C21H19N3O6. The summed E-state index contributed by atoms with van der Waals surface area (Å²) < 4.78 is 5.34. The molecule has 0 spiro atoms. The average Bonchev–Trinajstić information content (AvgIpc) is 3.02. The number of esters is 1. The van der Waals surface area contributed by atoms with Gasteiger partial charge in [-0.3, -0.25) is 19.8 Å². The van der Waals surface area contributed by atoms with Crippen LogP contribution in [0.3, 0.4) is 0 Å². The van der Waals surface area contributed by atoms with Crippen molar-refractivity contribution in [2.45, 2.75) is 31.5 Å². The molecule has 0 N–H and O–H groups in total. The summed E-state index contributed by atoms with van der Waals surface area (Å²) in [6.07, 6.45) is 0.937. The number of urea groups is 1. The molecule has 2 bridgehead atoms. The topological polar surface area (TPSA) is 110 Å². The van der Waals surface area contributed by atoms with Gasteiger partial charge in [0, 0.05) is 24.2 Å². The molecular weight excluding hydrogens is 390 g/mol. The molecule has 2 aromatic rings. The van der Waals surface area contributed by atoms with E-state index in [4.69, 9.17) is 4.74 Å². The van der Waals surface area contributed by atoms with Gasteiger partial charge in [-0.25, -0.2) is 9.59 Å². The van der Waals surface area contributed by atoms with E-state index in [-0.39, 0.29) is 24.2 Å². The van der Waals surface area contributed by atoms with Crippen molar-refractivity contribution in [2.24, 2.45) is 0 Å². The highest BCUT2D eigenvalue weighted by Crippen LogP contribution is 2.31. The fourth-order valence-corrected chi connectivity index (χ4v) is 3.85. The summed E-state index contributed by atoms with van der Waals surface area (Å²) in [6, 6.07) is 12.8. The number of carbonyl (C=O) groups excluding carboxylic acids is 3. The maximum Gasteiger partial charge on any atom is 0.329 e. The van der Waals surface area contributed by atoms with Crippen LogP contribution in [0.25, 0.3) is 0 Å². The first kappa shape index (κ1) is 19.6. The summed E-state index contributed by atoms with van der Waals surface area (Å²) in [5, 5.41) is 10.7. The van der Waals surface area contributed by atoms with Crippen LogP contribution in [0.5, 0.6) is 0 Å². The van der Waals surface area contributed by atoms with Gasteiger partial charge < -0.3 is 9.64 Å². The lowest BCUT2D eigenvalue weighted by molar-refractivity contribution is -0.384. The van der Waals surface area contributed by atoms with Crippen molar-refractivity contribution >= 4 is 23.6 Å². The van der Waals surface area contributed by atoms with Crippen LogP contribution in [0.1, 0.15) is 28.8 Å². The van der Waals surface area contributed by atoms with E-state index in [1.807, 2.05) is 0 Å². The first-order valence-corrected chi connectivity index (χ1v) is 9.55. The number of nitro groups is 1. The second-order valence-electron chi connectivity index (χ2n) is 7.25. The number of carbonyl (C=O) groups is 3. The molecule has 0 aliphatic carbocycles. The summed E-state index contributed by atoms with van der Waals surface area (Å²) in [7, 11) is 0. The van der Waals surface area contributed by atoms with Crippen molar-refractivity contribution in [3.05, 3.63) is 75.8 Å². The molecule has 0 saturated carbocycles. The highest BCUT2D eigenvalue weighted by Gasteiger charge is 2.49. The molecule has 2 aromatic carbocycles. The maximum absolute atomic E-state index is 12.9. The third-order valence-corrected chi connectivity index (χ3v) is 5.41. The molecule has 2 heterocycles. The molecule has 9 heteroatoms. The number of ether oxygens (including phenoxy) is 1. The highest BCUT2D eigenvalue weighted by molar-refractivity contribution is 6.06. The van der Waals surface area contributed by atoms with Gasteiger partial charge in [0.25, 0.3) is 11.6 Å². The van der Waals surface area contributed by atoms with Gasteiger partial charge in [-0.2, -0.15) is 0 Å². The van der Waals surface area contributed by atoms with Gasteiger partial charge in [-0.15, -0.1) is 0 Å². The van der Waals surface area contributed by atoms with Crippen LogP contribution in [0.4, 0.5) is 10.5 Å². The van der Waals surface area contributed by atoms with E-state index in [1.165, 1.54) is 34.1 Å². The lowest BCUT2D eigenvalue weighted by atomic mass is 10.0. The number of rotatable bonds is 5. The van der Waals surface area contributed by atoms with Crippen molar-refractivity contribution in [1.29, 1.82) is 0 Å². The van der Waals surface area contributed by atoms with E-state index in [1.54, 1.807) is 30.3 Å². The summed E-state index contributed by atoms with van der Waals surface area (Å²) in [5.41, 5.74) is 0.988. The number of hydrogen-bond acceptors (Lipinski definition) is 6. The Morgan fingerprint density at radius 3 is 2.43 bits per heavy atom. The molecule has 2 saturated heterocycles. The van der Waals surface area contributed by atoms with Gasteiger partial charge in [-0.05, 0) is 42.7 Å². The lowest BCUT2D eigenvalue weighted by Gasteiger charge is -2.28. The number of amides is 3. The fraction of sp³-hybridized carbons (Fsp3) is 0.286. The zero-order valence-electron chi connectivity index (χ0n) is 16.0. The molecule has 4 rings (SSSR count). The van der Waals surface area contributed by atoms with E-state index < -0.39 is 23.0 Å². The second kappa shape index (κ2) is 7.94. The van der Waals surface area contributed by atoms with Crippen LogP contribution >= 0.6 is 0 Å². The Morgan fingerprint density at radius 1 is 1.07 bits per heavy atom. The number of fused-ring (bicyclic) bond motifs is 2. The van der Waals surface area contributed by atoms with Crippen molar-refractivity contribution in [3.8, 4) is 0 Å². The first-order chi connectivity index (χ1) is 14.5. The number of hydrogen-bond donors (Lipinski definition) is 0. The molecule has 2 aliphatic rings. The fourth-order valence-electron chi connectivity index (χ4n) is 3.85. The smallest absolute Gasteiger partial charge is 0.329 e. The number of piperidine rings is 1. The Hall–Kier alpha value is -3.75. The van der Waals surface area contributed by atoms with Gasteiger partial charge in [0.2, 0.25) is 0 Å². The van der Waals surface area contributed by atoms with E-state index >= 15 is 0 Å². The largest absolute Gasteiger partial charge is 0.459 e. The van der Waals surface area contributed by atoms with Gasteiger partial charge in [0.05, 0.1) is 11.0 Å². The van der Waals surface area contributed by atoms with Gasteiger partial charge in [0.15, 0.2) is 0 Å². The van der Waals surface area contributed by atoms with Gasteiger partial charge in [-0.1, -0.05) is 18.2 Å². The summed E-state index contributed by atoms with van der Waals surface area (Å²) in [4.78, 5) is 51.1. The minimum atomic E-state index is -0.750. The number of nitro benzene ring substituents is 1. The normalized spacial score (nSPS) is 20.2. The molecule has 2 aliphatic heterocycles. The van der Waals surface area contributed by atoms with E-state index in [0.717, 1.165) is 0 Å². The minimum Gasteiger partial charge on any atom is -0.459 e. The van der Waals surface area contributed by atoms with Gasteiger partial charge >= 0.3 is 12.0 Å². The number of imide groups is 1. The molecule has 30 heavy (non-hydrogen) atoms. The zero-order valence-corrected chi connectivity index (χ0v) is 16.0. The Labute approximate surface area is 172 Å². The van der Waals surface area contributed by atoms with Gasteiger partial charge in [0.1, 0.15) is 12.6 Å². The van der Waals surface area contributed by atoms with Crippen molar-refractivity contribution in [1.82, 2.24) is 9.80 Å². The van der Waals surface area contributed by atoms with Crippen molar-refractivity contribution in [2.75, 3.05) is 6.54 Å². The van der Waals surface area contributed by atoms with Crippen LogP contribution < -0.4 is 0 Å². The maximum atomic E-state index is 12.9. The molecule has 0 radical (unpaired) electrons. The predicted molar refractivity (Wildman–Crippen MR) is 104 cm³/mol. The standard InChI is InChI=1S/C21H19N3O6/c25-19(15-4-2-1-3-5-15)23-17-10-11-18(22(12-17)21(23)27)20(26)30-13-14-6-8-16(9-7-14)24(28)29/h1-9,17-18H,10-13H2/t17-,18?/m1/s1. The highest BCUT2D eigenvalue weighted by atomic mass is 16.6. The first-order valence-electron chi connectivity index (χ1n) is 9.55. The second-order valence-corrected chi connectivity index (χ2v) is 7.25. The predicted octanol–water partition coefficient (Wildman–Crippen LogP) is 2.75. The number of non-ortho nitro benzene ring substituents is 1. The average molecular weight is 409 g/mol. The summed E-state index contributed by atoms with van der Waals surface area (Å²) >= 11 is 0. The summed E-state index contributed by atoms with van der Waals surface area (Å²) in [6.45, 7) is 0.250. The van der Waals surface area contributed by atoms with E-state index in [9.17, 15) is 24.5 Å². The summed E-state index contributed by atoms with van der Waals surface area (Å²) in [5.74, 6) is -0.915. The molecule has 9 nitrogen and oxygen atoms in total. The Kier molecular flexibility index (Phi) is 5.18.